The standard InChI is InChI=1S/C17H21BrN2O/c1-4-9-19-16(13-7-8-14(18)12(2)11-13)17-15(21-3)6-5-10-20-17/h5-8,10-11,16,19H,4,9H2,1-3H3. The van der Waals surface area contributed by atoms with Gasteiger partial charge >= 0.3 is 0 Å². The van der Waals surface area contributed by atoms with E-state index in [1.807, 2.05) is 18.3 Å². The third-order valence-electron chi connectivity index (χ3n) is 3.41. The Hall–Kier alpha value is -1.39. The van der Waals surface area contributed by atoms with Gasteiger partial charge in [-0.1, -0.05) is 35.0 Å². The van der Waals surface area contributed by atoms with Crippen LogP contribution in [0.15, 0.2) is 41.0 Å². The molecule has 1 aromatic heterocycles. The van der Waals surface area contributed by atoms with Crippen LogP contribution in [0.1, 0.15) is 36.2 Å². The van der Waals surface area contributed by atoms with Crippen molar-refractivity contribution in [2.75, 3.05) is 13.7 Å². The van der Waals surface area contributed by atoms with Crippen LogP contribution in [-0.4, -0.2) is 18.6 Å². The smallest absolute Gasteiger partial charge is 0.142 e. The lowest BCUT2D eigenvalue weighted by molar-refractivity contribution is 0.399. The molecule has 0 aliphatic heterocycles. The molecule has 1 atom stereocenters. The van der Waals surface area contributed by atoms with Crippen molar-refractivity contribution in [1.29, 1.82) is 0 Å². The van der Waals surface area contributed by atoms with Crippen LogP contribution >= 0.6 is 15.9 Å². The molecule has 1 heterocycles. The topological polar surface area (TPSA) is 34.2 Å². The van der Waals surface area contributed by atoms with Crippen LogP contribution in [0.4, 0.5) is 0 Å². The first kappa shape index (κ1) is 16.0. The average Bonchev–Trinajstić information content (AvgIpc) is 2.51. The first-order valence-electron chi connectivity index (χ1n) is 7.15. The van der Waals surface area contributed by atoms with Gasteiger partial charge in [0, 0.05) is 10.7 Å². The van der Waals surface area contributed by atoms with Crippen molar-refractivity contribution < 1.29 is 4.74 Å². The Morgan fingerprint density at radius 1 is 1.33 bits per heavy atom. The van der Waals surface area contributed by atoms with Gasteiger partial charge in [0.2, 0.25) is 0 Å². The largest absolute Gasteiger partial charge is 0.495 e. The fraction of sp³-hybridized carbons (Fsp3) is 0.353. The molecule has 4 heteroatoms. The zero-order valence-electron chi connectivity index (χ0n) is 12.7. The second-order valence-corrected chi connectivity index (χ2v) is 5.84. The summed E-state index contributed by atoms with van der Waals surface area (Å²) in [5.74, 6) is 0.812. The van der Waals surface area contributed by atoms with E-state index in [2.05, 4.69) is 58.3 Å². The van der Waals surface area contributed by atoms with Gasteiger partial charge in [0.05, 0.1) is 13.2 Å². The molecule has 1 aromatic carbocycles. The van der Waals surface area contributed by atoms with Crippen molar-refractivity contribution in [2.45, 2.75) is 26.3 Å². The zero-order valence-corrected chi connectivity index (χ0v) is 14.3. The van der Waals surface area contributed by atoms with Crippen LogP contribution in [0, 0.1) is 6.92 Å². The maximum atomic E-state index is 5.47. The fourth-order valence-corrected chi connectivity index (χ4v) is 2.55. The van der Waals surface area contributed by atoms with Crippen LogP contribution in [-0.2, 0) is 0 Å². The van der Waals surface area contributed by atoms with Crippen molar-refractivity contribution in [1.82, 2.24) is 10.3 Å². The molecule has 0 saturated heterocycles. The minimum atomic E-state index is 0.0351. The summed E-state index contributed by atoms with van der Waals surface area (Å²) in [5.41, 5.74) is 3.34. The molecule has 3 nitrogen and oxygen atoms in total. The third kappa shape index (κ3) is 3.83. The SMILES string of the molecule is CCCNC(c1ccc(Br)c(C)c1)c1ncccc1OC. The van der Waals surface area contributed by atoms with E-state index >= 15 is 0 Å². The molecule has 1 unspecified atom stereocenters. The molecule has 21 heavy (non-hydrogen) atoms. The quantitative estimate of drug-likeness (QED) is 0.847. The summed E-state index contributed by atoms with van der Waals surface area (Å²) in [6.07, 6.45) is 2.88. The Morgan fingerprint density at radius 3 is 2.81 bits per heavy atom. The highest BCUT2D eigenvalue weighted by molar-refractivity contribution is 9.10. The Bertz CT molecular complexity index is 601. The summed E-state index contributed by atoms with van der Waals surface area (Å²) in [6, 6.07) is 10.3. The van der Waals surface area contributed by atoms with Gasteiger partial charge in [-0.3, -0.25) is 4.98 Å². The number of nitrogens with one attached hydrogen (secondary N) is 1. The van der Waals surface area contributed by atoms with E-state index in [9.17, 15) is 0 Å². The number of hydrogen-bond acceptors (Lipinski definition) is 3. The van der Waals surface area contributed by atoms with E-state index < -0.39 is 0 Å². The third-order valence-corrected chi connectivity index (χ3v) is 4.30. The number of hydrogen-bond donors (Lipinski definition) is 1. The van der Waals surface area contributed by atoms with Crippen molar-refractivity contribution >= 4 is 15.9 Å². The minimum absolute atomic E-state index is 0.0351. The Kier molecular flexibility index (Phi) is 5.76. The second kappa shape index (κ2) is 7.57. The van der Waals surface area contributed by atoms with E-state index in [1.54, 1.807) is 7.11 Å². The van der Waals surface area contributed by atoms with Gasteiger partial charge in [0.1, 0.15) is 11.4 Å². The lowest BCUT2D eigenvalue weighted by Crippen LogP contribution is -2.24. The zero-order chi connectivity index (χ0) is 15.2. The van der Waals surface area contributed by atoms with Gasteiger partial charge in [-0.25, -0.2) is 0 Å². The van der Waals surface area contributed by atoms with Crippen LogP contribution in [0.2, 0.25) is 0 Å². The molecule has 0 bridgehead atoms. The molecule has 0 aliphatic rings. The Labute approximate surface area is 134 Å². The lowest BCUT2D eigenvalue weighted by Gasteiger charge is -2.21. The molecule has 0 radical (unpaired) electrons. The molecule has 0 aliphatic carbocycles. The molecule has 1 N–H and O–H groups in total. The van der Waals surface area contributed by atoms with Gasteiger partial charge in [0.25, 0.3) is 0 Å². The van der Waals surface area contributed by atoms with Crippen molar-refractivity contribution in [3.05, 3.63) is 57.8 Å². The number of aryl methyl sites for hydroxylation is 1. The molecule has 2 aromatic rings. The Balaban J connectivity index is 2.44. The molecule has 112 valence electrons. The summed E-state index contributed by atoms with van der Waals surface area (Å²) in [6.45, 7) is 5.19. The number of halogens is 1. The van der Waals surface area contributed by atoms with E-state index in [0.29, 0.717) is 0 Å². The van der Waals surface area contributed by atoms with E-state index in [4.69, 9.17) is 4.74 Å². The van der Waals surface area contributed by atoms with E-state index in [0.717, 1.165) is 28.9 Å². The minimum Gasteiger partial charge on any atom is -0.495 e. The number of rotatable bonds is 6. The molecule has 0 spiro atoms. The highest BCUT2D eigenvalue weighted by Gasteiger charge is 2.19. The van der Waals surface area contributed by atoms with Crippen molar-refractivity contribution in [3.8, 4) is 5.75 Å². The van der Waals surface area contributed by atoms with Gasteiger partial charge in [0.15, 0.2) is 0 Å². The van der Waals surface area contributed by atoms with Crippen molar-refractivity contribution in [2.24, 2.45) is 0 Å². The van der Waals surface area contributed by atoms with Gasteiger partial charge in [-0.15, -0.1) is 0 Å². The second-order valence-electron chi connectivity index (χ2n) is 4.99. The number of pyridine rings is 1. The van der Waals surface area contributed by atoms with Crippen LogP contribution in [0.25, 0.3) is 0 Å². The Morgan fingerprint density at radius 2 is 2.14 bits per heavy atom. The number of benzene rings is 1. The number of nitrogens with zero attached hydrogens (tertiary/aromatic N) is 1. The highest BCUT2D eigenvalue weighted by Crippen LogP contribution is 2.30. The van der Waals surface area contributed by atoms with Gasteiger partial charge < -0.3 is 10.1 Å². The predicted octanol–water partition coefficient (Wildman–Crippen LogP) is 4.25. The van der Waals surface area contributed by atoms with E-state index in [-0.39, 0.29) is 6.04 Å². The maximum Gasteiger partial charge on any atom is 0.142 e. The summed E-state index contributed by atoms with van der Waals surface area (Å²) in [4.78, 5) is 4.53. The van der Waals surface area contributed by atoms with Gasteiger partial charge in [-0.2, -0.15) is 0 Å². The maximum absolute atomic E-state index is 5.47. The summed E-state index contributed by atoms with van der Waals surface area (Å²) in [7, 11) is 1.68. The van der Waals surface area contributed by atoms with Crippen molar-refractivity contribution in [3.63, 3.8) is 0 Å². The molecule has 0 amide bonds. The number of methoxy groups -OCH3 is 1. The van der Waals surface area contributed by atoms with Crippen LogP contribution < -0.4 is 10.1 Å². The van der Waals surface area contributed by atoms with Crippen LogP contribution in [0.3, 0.4) is 0 Å². The first-order valence-corrected chi connectivity index (χ1v) is 7.95. The van der Waals surface area contributed by atoms with Crippen LogP contribution in [0.5, 0.6) is 5.75 Å². The monoisotopic (exact) mass is 348 g/mol. The molecular formula is C17H21BrN2O. The predicted molar refractivity (Wildman–Crippen MR) is 89.8 cm³/mol. The average molecular weight is 349 g/mol. The number of aromatic nitrogens is 1. The highest BCUT2D eigenvalue weighted by atomic mass is 79.9. The summed E-state index contributed by atoms with van der Waals surface area (Å²) < 4.78 is 6.59. The number of ether oxygens (including phenoxy) is 1. The molecule has 2 rings (SSSR count). The molecular weight excluding hydrogens is 328 g/mol. The fourth-order valence-electron chi connectivity index (χ4n) is 2.30. The van der Waals surface area contributed by atoms with E-state index in [1.165, 1.54) is 11.1 Å². The normalized spacial score (nSPS) is 12.2. The van der Waals surface area contributed by atoms with Gasteiger partial charge in [-0.05, 0) is 49.2 Å². The first-order chi connectivity index (χ1) is 10.2. The summed E-state index contributed by atoms with van der Waals surface area (Å²) >= 11 is 3.55. The molecule has 0 fully saturated rings. The lowest BCUT2D eigenvalue weighted by atomic mass is 10.0. The summed E-state index contributed by atoms with van der Waals surface area (Å²) in [5, 5.41) is 3.57. The molecule has 0 saturated carbocycles.